The van der Waals surface area contributed by atoms with Crippen LogP contribution in [0.4, 0.5) is 0 Å². The van der Waals surface area contributed by atoms with Crippen LogP contribution < -0.4 is 11.1 Å². The Morgan fingerprint density at radius 2 is 2.31 bits per heavy atom. The van der Waals surface area contributed by atoms with Crippen molar-refractivity contribution in [3.8, 4) is 0 Å². The summed E-state index contributed by atoms with van der Waals surface area (Å²) < 4.78 is 1.83. The molecule has 1 heterocycles. The van der Waals surface area contributed by atoms with E-state index in [4.69, 9.17) is 5.73 Å². The van der Waals surface area contributed by atoms with Crippen molar-refractivity contribution in [2.75, 3.05) is 6.54 Å². The Labute approximate surface area is 96.0 Å². The van der Waals surface area contributed by atoms with E-state index in [1.807, 2.05) is 31.6 Å². The number of amides is 1. The summed E-state index contributed by atoms with van der Waals surface area (Å²) in [4.78, 5) is 11.1. The summed E-state index contributed by atoms with van der Waals surface area (Å²) in [5.74, 6) is -0.0796. The Morgan fingerprint density at radius 1 is 1.62 bits per heavy atom. The number of hydrogen-bond donors (Lipinski definition) is 2. The van der Waals surface area contributed by atoms with Gasteiger partial charge < -0.3 is 11.1 Å². The van der Waals surface area contributed by atoms with Crippen LogP contribution in [0.2, 0.25) is 0 Å². The first kappa shape index (κ1) is 12.7. The van der Waals surface area contributed by atoms with E-state index in [9.17, 15) is 4.79 Å². The van der Waals surface area contributed by atoms with E-state index in [1.54, 1.807) is 6.20 Å². The number of carbonyl (C=O) groups is 1. The van der Waals surface area contributed by atoms with Crippen molar-refractivity contribution in [2.24, 2.45) is 18.7 Å². The van der Waals surface area contributed by atoms with E-state index in [-0.39, 0.29) is 17.9 Å². The Kier molecular flexibility index (Phi) is 4.49. The van der Waals surface area contributed by atoms with Crippen LogP contribution in [-0.4, -0.2) is 28.3 Å². The summed E-state index contributed by atoms with van der Waals surface area (Å²) in [5, 5.41) is 7.25. The number of primary amides is 1. The lowest BCUT2D eigenvalue weighted by atomic mass is 10.0. The minimum Gasteiger partial charge on any atom is -0.368 e. The Hall–Kier alpha value is -1.36. The summed E-state index contributed by atoms with van der Waals surface area (Å²) in [5.41, 5.74) is 6.45. The lowest BCUT2D eigenvalue weighted by molar-refractivity contribution is -0.120. The quantitative estimate of drug-likeness (QED) is 0.717. The molecular weight excluding hydrogens is 204 g/mol. The summed E-state index contributed by atoms with van der Waals surface area (Å²) in [6, 6.07) is 1.71. The average Bonchev–Trinajstić information content (AvgIpc) is 2.57. The zero-order valence-corrected chi connectivity index (χ0v) is 10.1. The standard InChI is InChI=1S/C11H20N4O/c1-8(2)10(11(12)16)13-6-4-9-5-7-14-15(9)3/h5,7-8,10,13H,4,6H2,1-3H3,(H2,12,16). The molecule has 0 aliphatic carbocycles. The van der Waals surface area contributed by atoms with Crippen LogP contribution in [0, 0.1) is 5.92 Å². The molecule has 0 aromatic carbocycles. The average molecular weight is 224 g/mol. The van der Waals surface area contributed by atoms with Crippen molar-refractivity contribution >= 4 is 5.91 Å². The number of nitrogens with zero attached hydrogens (tertiary/aromatic N) is 2. The van der Waals surface area contributed by atoms with E-state index in [2.05, 4.69) is 10.4 Å². The smallest absolute Gasteiger partial charge is 0.234 e. The first-order valence-electron chi connectivity index (χ1n) is 5.52. The van der Waals surface area contributed by atoms with Crippen molar-refractivity contribution in [1.29, 1.82) is 0 Å². The second-order valence-corrected chi connectivity index (χ2v) is 4.27. The van der Waals surface area contributed by atoms with Crippen molar-refractivity contribution < 1.29 is 4.79 Å². The normalized spacial score (nSPS) is 13.0. The third kappa shape index (κ3) is 3.34. The molecule has 0 aliphatic heterocycles. The van der Waals surface area contributed by atoms with Gasteiger partial charge >= 0.3 is 0 Å². The van der Waals surface area contributed by atoms with E-state index >= 15 is 0 Å². The SMILES string of the molecule is CC(C)C(NCCc1ccnn1C)C(N)=O. The van der Waals surface area contributed by atoms with Gasteiger partial charge in [0.25, 0.3) is 0 Å². The van der Waals surface area contributed by atoms with Crippen LogP contribution in [0.3, 0.4) is 0 Å². The van der Waals surface area contributed by atoms with Crippen molar-refractivity contribution in [2.45, 2.75) is 26.3 Å². The van der Waals surface area contributed by atoms with Crippen LogP contribution in [0.1, 0.15) is 19.5 Å². The third-order valence-electron chi connectivity index (χ3n) is 2.64. The fourth-order valence-electron chi connectivity index (χ4n) is 1.67. The molecule has 5 heteroatoms. The highest BCUT2D eigenvalue weighted by Gasteiger charge is 2.18. The predicted octanol–water partition coefficient (Wildman–Crippen LogP) is 0.0621. The van der Waals surface area contributed by atoms with Crippen LogP contribution in [0.15, 0.2) is 12.3 Å². The maximum absolute atomic E-state index is 11.1. The molecule has 0 spiro atoms. The summed E-state index contributed by atoms with van der Waals surface area (Å²) >= 11 is 0. The minimum atomic E-state index is -0.292. The zero-order chi connectivity index (χ0) is 12.1. The molecule has 16 heavy (non-hydrogen) atoms. The third-order valence-corrected chi connectivity index (χ3v) is 2.64. The molecule has 5 nitrogen and oxygen atoms in total. The first-order valence-corrected chi connectivity index (χ1v) is 5.52. The molecule has 0 saturated heterocycles. The van der Waals surface area contributed by atoms with Gasteiger partial charge in [-0.15, -0.1) is 0 Å². The number of aryl methyl sites for hydroxylation is 1. The number of carbonyl (C=O) groups excluding carboxylic acids is 1. The van der Waals surface area contributed by atoms with Crippen LogP contribution in [-0.2, 0) is 18.3 Å². The van der Waals surface area contributed by atoms with Crippen molar-refractivity contribution in [3.05, 3.63) is 18.0 Å². The number of nitrogens with two attached hydrogens (primary N) is 1. The Morgan fingerprint density at radius 3 is 2.75 bits per heavy atom. The molecule has 0 radical (unpaired) electrons. The summed E-state index contributed by atoms with van der Waals surface area (Å²) in [6.45, 7) is 4.68. The molecule has 0 bridgehead atoms. The number of aromatic nitrogens is 2. The molecule has 0 aliphatic rings. The van der Waals surface area contributed by atoms with Crippen molar-refractivity contribution in [1.82, 2.24) is 15.1 Å². The van der Waals surface area contributed by atoms with E-state index in [0.29, 0.717) is 0 Å². The van der Waals surface area contributed by atoms with Crippen molar-refractivity contribution in [3.63, 3.8) is 0 Å². The minimum absolute atomic E-state index is 0.212. The van der Waals surface area contributed by atoms with Gasteiger partial charge in [0.15, 0.2) is 0 Å². The largest absolute Gasteiger partial charge is 0.368 e. The van der Waals surface area contributed by atoms with Gasteiger partial charge in [-0.25, -0.2) is 0 Å². The lowest BCUT2D eigenvalue weighted by Crippen LogP contribution is -2.45. The highest BCUT2D eigenvalue weighted by molar-refractivity contribution is 5.80. The molecule has 1 amide bonds. The van der Waals surface area contributed by atoms with E-state index in [1.165, 1.54) is 0 Å². The zero-order valence-electron chi connectivity index (χ0n) is 10.1. The molecule has 90 valence electrons. The van der Waals surface area contributed by atoms with Crippen LogP contribution in [0.5, 0.6) is 0 Å². The molecule has 0 saturated carbocycles. The number of hydrogen-bond acceptors (Lipinski definition) is 3. The molecule has 1 rings (SSSR count). The summed E-state index contributed by atoms with van der Waals surface area (Å²) in [6.07, 6.45) is 2.61. The molecule has 1 atom stereocenters. The maximum Gasteiger partial charge on any atom is 0.234 e. The Bertz CT molecular complexity index is 346. The van der Waals surface area contributed by atoms with Crippen LogP contribution in [0.25, 0.3) is 0 Å². The second kappa shape index (κ2) is 5.65. The van der Waals surface area contributed by atoms with Gasteiger partial charge in [-0.3, -0.25) is 9.48 Å². The van der Waals surface area contributed by atoms with Gasteiger partial charge in [-0.05, 0) is 12.0 Å². The molecule has 0 fully saturated rings. The lowest BCUT2D eigenvalue weighted by Gasteiger charge is -2.18. The fourth-order valence-corrected chi connectivity index (χ4v) is 1.67. The fraction of sp³-hybridized carbons (Fsp3) is 0.636. The molecule has 1 unspecified atom stereocenters. The highest BCUT2D eigenvalue weighted by atomic mass is 16.1. The summed E-state index contributed by atoms with van der Waals surface area (Å²) in [7, 11) is 1.91. The van der Waals surface area contributed by atoms with Gasteiger partial charge in [-0.2, -0.15) is 5.10 Å². The van der Waals surface area contributed by atoms with E-state index in [0.717, 1.165) is 18.7 Å². The molecule has 3 N–H and O–H groups in total. The van der Waals surface area contributed by atoms with Gasteiger partial charge in [0, 0.05) is 31.9 Å². The monoisotopic (exact) mass is 224 g/mol. The maximum atomic E-state index is 11.1. The topological polar surface area (TPSA) is 72.9 Å². The predicted molar refractivity (Wildman–Crippen MR) is 62.7 cm³/mol. The van der Waals surface area contributed by atoms with Gasteiger partial charge in [0.1, 0.15) is 0 Å². The van der Waals surface area contributed by atoms with Crippen LogP contribution >= 0.6 is 0 Å². The number of nitrogens with one attached hydrogen (secondary N) is 1. The molecular formula is C11H20N4O. The Balaban J connectivity index is 2.40. The second-order valence-electron chi connectivity index (χ2n) is 4.27. The highest BCUT2D eigenvalue weighted by Crippen LogP contribution is 2.02. The number of rotatable bonds is 6. The first-order chi connectivity index (χ1) is 7.52. The molecule has 1 aromatic rings. The van der Waals surface area contributed by atoms with E-state index < -0.39 is 0 Å². The van der Waals surface area contributed by atoms with Gasteiger partial charge in [-0.1, -0.05) is 13.8 Å². The molecule has 1 aromatic heterocycles. The van der Waals surface area contributed by atoms with Gasteiger partial charge in [0.2, 0.25) is 5.91 Å². The van der Waals surface area contributed by atoms with Gasteiger partial charge in [0.05, 0.1) is 6.04 Å².